The number of aromatic nitrogens is 3. The van der Waals surface area contributed by atoms with Crippen molar-refractivity contribution in [3.05, 3.63) is 36.7 Å². The second kappa shape index (κ2) is 2.95. The van der Waals surface area contributed by atoms with Crippen LogP contribution in [0.3, 0.4) is 0 Å². The molecule has 0 unspecified atom stereocenters. The summed E-state index contributed by atoms with van der Waals surface area (Å²) in [5, 5.41) is 6.61. The van der Waals surface area contributed by atoms with Crippen molar-refractivity contribution in [3.63, 3.8) is 0 Å². The van der Waals surface area contributed by atoms with Crippen molar-refractivity contribution in [2.75, 3.05) is 12.5 Å². The molecule has 0 spiro atoms. The lowest BCUT2D eigenvalue weighted by molar-refractivity contribution is 0.795. The van der Waals surface area contributed by atoms with Crippen LogP contribution in [0.1, 0.15) is 0 Å². The van der Waals surface area contributed by atoms with Crippen molar-refractivity contribution in [1.82, 2.24) is 14.9 Å². The van der Waals surface area contributed by atoms with Crippen molar-refractivity contribution in [2.24, 2.45) is 0 Å². The molecule has 2 heterocycles. The van der Waals surface area contributed by atoms with E-state index in [-0.39, 0.29) is 0 Å². The molecule has 4 heteroatoms. The minimum atomic E-state index is 0.933. The second-order valence-corrected chi connectivity index (χ2v) is 3.38. The maximum atomic E-state index is 4.40. The van der Waals surface area contributed by atoms with E-state index in [0.29, 0.717) is 0 Å². The lowest BCUT2D eigenvalue weighted by atomic mass is 10.1. The molecule has 0 aliphatic heterocycles. The van der Waals surface area contributed by atoms with Crippen LogP contribution < -0.4 is 5.43 Å². The van der Waals surface area contributed by atoms with Crippen LogP contribution in [0.25, 0.3) is 21.8 Å². The van der Waals surface area contributed by atoms with Gasteiger partial charge < -0.3 is 5.43 Å². The van der Waals surface area contributed by atoms with Gasteiger partial charge in [0, 0.05) is 24.0 Å². The molecule has 15 heavy (non-hydrogen) atoms. The number of rotatable bonds is 1. The number of pyridine rings is 1. The van der Waals surface area contributed by atoms with Gasteiger partial charge in [0.2, 0.25) is 0 Å². The van der Waals surface area contributed by atoms with E-state index in [2.05, 4.69) is 27.6 Å². The minimum absolute atomic E-state index is 0.933. The van der Waals surface area contributed by atoms with Gasteiger partial charge in [-0.3, -0.25) is 4.98 Å². The highest BCUT2D eigenvalue weighted by atomic mass is 15.5. The van der Waals surface area contributed by atoms with Gasteiger partial charge in [0.05, 0.1) is 11.7 Å². The first-order valence-electron chi connectivity index (χ1n) is 4.79. The maximum Gasteiger partial charge on any atom is 0.121 e. The SMILES string of the molecule is CNn1cc2ccc3cccnc3c2n1. The second-order valence-electron chi connectivity index (χ2n) is 3.38. The fourth-order valence-electron chi connectivity index (χ4n) is 1.74. The maximum absolute atomic E-state index is 4.40. The van der Waals surface area contributed by atoms with Crippen LogP contribution in [0.15, 0.2) is 36.7 Å². The molecule has 2 aromatic heterocycles. The normalized spacial score (nSPS) is 11.0. The lowest BCUT2D eigenvalue weighted by Crippen LogP contribution is -2.08. The highest BCUT2D eigenvalue weighted by Crippen LogP contribution is 2.21. The Morgan fingerprint density at radius 3 is 2.87 bits per heavy atom. The largest absolute Gasteiger partial charge is 0.313 e. The summed E-state index contributed by atoms with van der Waals surface area (Å²) < 4.78 is 0. The third-order valence-electron chi connectivity index (χ3n) is 2.48. The van der Waals surface area contributed by atoms with Gasteiger partial charge in [-0.05, 0) is 6.07 Å². The van der Waals surface area contributed by atoms with Crippen molar-refractivity contribution in [3.8, 4) is 0 Å². The van der Waals surface area contributed by atoms with Gasteiger partial charge >= 0.3 is 0 Å². The Hall–Kier alpha value is -2.10. The van der Waals surface area contributed by atoms with Crippen LogP contribution >= 0.6 is 0 Å². The van der Waals surface area contributed by atoms with Crippen LogP contribution in [-0.4, -0.2) is 21.9 Å². The third-order valence-corrected chi connectivity index (χ3v) is 2.48. The van der Waals surface area contributed by atoms with Crippen LogP contribution in [0.5, 0.6) is 0 Å². The molecule has 0 amide bonds. The molecule has 1 aromatic carbocycles. The van der Waals surface area contributed by atoms with E-state index in [0.717, 1.165) is 21.8 Å². The predicted molar refractivity (Wildman–Crippen MR) is 60.3 cm³/mol. The molecular weight excluding hydrogens is 188 g/mol. The van der Waals surface area contributed by atoms with E-state index in [4.69, 9.17) is 0 Å². The first-order chi connectivity index (χ1) is 7.38. The first-order valence-corrected chi connectivity index (χ1v) is 4.79. The van der Waals surface area contributed by atoms with Gasteiger partial charge in [-0.2, -0.15) is 9.89 Å². The van der Waals surface area contributed by atoms with E-state index < -0.39 is 0 Å². The van der Waals surface area contributed by atoms with Gasteiger partial charge in [0.15, 0.2) is 0 Å². The zero-order valence-electron chi connectivity index (χ0n) is 8.31. The summed E-state index contributed by atoms with van der Waals surface area (Å²) in [7, 11) is 1.83. The summed E-state index contributed by atoms with van der Waals surface area (Å²) in [6.45, 7) is 0. The van der Waals surface area contributed by atoms with Crippen LogP contribution in [-0.2, 0) is 0 Å². The smallest absolute Gasteiger partial charge is 0.121 e. The average Bonchev–Trinajstić information content (AvgIpc) is 2.72. The highest BCUT2D eigenvalue weighted by Gasteiger charge is 2.04. The molecule has 0 saturated carbocycles. The number of benzene rings is 1. The van der Waals surface area contributed by atoms with E-state index in [1.54, 1.807) is 11.0 Å². The predicted octanol–water partition coefficient (Wildman–Crippen LogP) is 1.76. The molecule has 4 nitrogen and oxygen atoms in total. The monoisotopic (exact) mass is 198 g/mol. The molecule has 0 fully saturated rings. The molecule has 3 rings (SSSR count). The average molecular weight is 198 g/mol. The van der Waals surface area contributed by atoms with E-state index in [9.17, 15) is 0 Å². The van der Waals surface area contributed by atoms with Crippen LogP contribution in [0, 0.1) is 0 Å². The molecule has 0 atom stereocenters. The summed E-state index contributed by atoms with van der Waals surface area (Å²) in [6, 6.07) is 8.09. The summed E-state index contributed by atoms with van der Waals surface area (Å²) in [4.78, 5) is 6.05. The number of hydrogen-bond acceptors (Lipinski definition) is 3. The lowest BCUT2D eigenvalue weighted by Gasteiger charge is -1.96. The Morgan fingerprint density at radius 2 is 2.00 bits per heavy atom. The van der Waals surface area contributed by atoms with E-state index in [1.165, 1.54) is 0 Å². The topological polar surface area (TPSA) is 42.7 Å². The molecule has 0 bridgehead atoms. The van der Waals surface area contributed by atoms with Crippen LogP contribution in [0.2, 0.25) is 0 Å². The Bertz CT molecular complexity index is 627. The highest BCUT2D eigenvalue weighted by molar-refractivity contribution is 6.02. The summed E-state index contributed by atoms with van der Waals surface area (Å²) in [6.07, 6.45) is 3.74. The molecular formula is C11H10N4. The fourth-order valence-corrected chi connectivity index (χ4v) is 1.74. The molecule has 0 radical (unpaired) electrons. The van der Waals surface area contributed by atoms with Crippen molar-refractivity contribution in [1.29, 1.82) is 0 Å². The zero-order chi connectivity index (χ0) is 10.3. The van der Waals surface area contributed by atoms with Crippen molar-refractivity contribution >= 4 is 21.8 Å². The van der Waals surface area contributed by atoms with Gasteiger partial charge in [0.25, 0.3) is 0 Å². The van der Waals surface area contributed by atoms with Crippen LogP contribution in [0.4, 0.5) is 0 Å². The van der Waals surface area contributed by atoms with Crippen molar-refractivity contribution < 1.29 is 0 Å². The standard InChI is InChI=1S/C11H10N4/c1-12-15-7-9-5-4-8-3-2-6-13-10(8)11(9)14-15/h2-7,12H,1H3. The Morgan fingerprint density at radius 1 is 1.13 bits per heavy atom. The summed E-state index contributed by atoms with van der Waals surface area (Å²) in [5.74, 6) is 0. The van der Waals surface area contributed by atoms with Gasteiger partial charge in [0.1, 0.15) is 5.52 Å². The Labute approximate surface area is 86.5 Å². The van der Waals surface area contributed by atoms with Gasteiger partial charge in [-0.25, -0.2) is 0 Å². The zero-order valence-corrected chi connectivity index (χ0v) is 8.31. The Kier molecular flexibility index (Phi) is 1.62. The van der Waals surface area contributed by atoms with Gasteiger partial charge in [-0.1, -0.05) is 18.2 Å². The molecule has 0 aliphatic carbocycles. The minimum Gasteiger partial charge on any atom is -0.313 e. The Balaban J connectivity index is 2.47. The third kappa shape index (κ3) is 1.15. The van der Waals surface area contributed by atoms with E-state index in [1.807, 2.05) is 25.4 Å². The molecule has 0 aliphatic rings. The molecule has 3 aromatic rings. The quantitative estimate of drug-likeness (QED) is 0.647. The molecule has 1 N–H and O–H groups in total. The summed E-state index contributed by atoms with van der Waals surface area (Å²) in [5.41, 5.74) is 4.84. The van der Waals surface area contributed by atoms with E-state index >= 15 is 0 Å². The number of hydrogen-bond donors (Lipinski definition) is 1. The molecule has 0 saturated heterocycles. The van der Waals surface area contributed by atoms with Gasteiger partial charge in [-0.15, -0.1) is 0 Å². The molecule has 74 valence electrons. The fraction of sp³-hybridized carbons (Fsp3) is 0.0909. The first kappa shape index (κ1) is 8.23. The summed E-state index contributed by atoms with van der Waals surface area (Å²) >= 11 is 0. The number of nitrogens with zero attached hydrogens (tertiary/aromatic N) is 3. The number of fused-ring (bicyclic) bond motifs is 3. The number of nitrogens with one attached hydrogen (secondary N) is 1. The van der Waals surface area contributed by atoms with Crippen molar-refractivity contribution in [2.45, 2.75) is 0 Å².